The fourth-order valence-corrected chi connectivity index (χ4v) is 0.889. The molecule has 58 valence electrons. The molecular formula is C9H10FN. The van der Waals surface area contributed by atoms with Crippen molar-refractivity contribution < 1.29 is 4.39 Å². The summed E-state index contributed by atoms with van der Waals surface area (Å²) < 4.78 is 12.9. The van der Waals surface area contributed by atoms with Crippen LogP contribution in [0.4, 0.5) is 10.1 Å². The fraction of sp³-hybridized carbons (Fsp3) is 0.111. The van der Waals surface area contributed by atoms with E-state index in [1.807, 2.05) is 0 Å². The van der Waals surface area contributed by atoms with E-state index in [-0.39, 0.29) is 0 Å². The fourth-order valence-electron chi connectivity index (χ4n) is 0.889. The van der Waals surface area contributed by atoms with Crippen molar-refractivity contribution in [2.45, 2.75) is 6.17 Å². The molecular weight excluding hydrogens is 141 g/mol. The van der Waals surface area contributed by atoms with E-state index in [1.54, 1.807) is 24.3 Å². The van der Waals surface area contributed by atoms with Crippen LogP contribution in [0, 0.1) is 0 Å². The number of allylic oxidation sites excluding steroid dienone is 1. The minimum atomic E-state index is -1.16. The summed E-state index contributed by atoms with van der Waals surface area (Å²) in [5, 5.41) is 0. The third-order valence-corrected chi connectivity index (χ3v) is 1.50. The van der Waals surface area contributed by atoms with Crippen LogP contribution in [0.2, 0.25) is 0 Å². The Hall–Kier alpha value is -1.31. The summed E-state index contributed by atoms with van der Waals surface area (Å²) in [7, 11) is 0. The lowest BCUT2D eigenvalue weighted by molar-refractivity contribution is 0.416. The van der Waals surface area contributed by atoms with Crippen LogP contribution >= 0.6 is 0 Å². The van der Waals surface area contributed by atoms with Gasteiger partial charge in [-0.1, -0.05) is 30.9 Å². The molecule has 0 amide bonds. The lowest BCUT2D eigenvalue weighted by atomic mass is 10.1. The smallest absolute Gasteiger partial charge is 0.145 e. The average Bonchev–Trinajstić information content (AvgIpc) is 2.04. The van der Waals surface area contributed by atoms with Gasteiger partial charge in [0.15, 0.2) is 0 Å². The monoisotopic (exact) mass is 151 g/mol. The van der Waals surface area contributed by atoms with Gasteiger partial charge in [-0.3, -0.25) is 0 Å². The molecule has 1 nitrogen and oxygen atoms in total. The molecule has 0 radical (unpaired) electrons. The summed E-state index contributed by atoms with van der Waals surface area (Å²) in [5.74, 6) is 0. The topological polar surface area (TPSA) is 26.0 Å². The number of nitrogens with two attached hydrogens (primary N) is 1. The minimum Gasteiger partial charge on any atom is -0.398 e. The Morgan fingerprint density at radius 1 is 1.45 bits per heavy atom. The summed E-state index contributed by atoms with van der Waals surface area (Å²) in [6.45, 7) is 3.35. The highest BCUT2D eigenvalue weighted by molar-refractivity contribution is 5.48. The Labute approximate surface area is 65.3 Å². The van der Waals surface area contributed by atoms with Gasteiger partial charge in [0.1, 0.15) is 6.17 Å². The second kappa shape index (κ2) is 3.19. The average molecular weight is 151 g/mol. The first-order chi connectivity index (χ1) is 5.25. The zero-order chi connectivity index (χ0) is 8.27. The number of nitrogen functional groups attached to an aromatic ring is 1. The van der Waals surface area contributed by atoms with Crippen molar-refractivity contribution in [2.75, 3.05) is 5.73 Å². The molecule has 2 heteroatoms. The molecule has 0 saturated carbocycles. The first-order valence-corrected chi connectivity index (χ1v) is 3.36. The summed E-state index contributed by atoms with van der Waals surface area (Å²) in [4.78, 5) is 0. The van der Waals surface area contributed by atoms with Crippen molar-refractivity contribution in [3.63, 3.8) is 0 Å². The molecule has 1 atom stereocenters. The van der Waals surface area contributed by atoms with Crippen LogP contribution in [-0.2, 0) is 0 Å². The van der Waals surface area contributed by atoms with E-state index in [0.717, 1.165) is 0 Å². The van der Waals surface area contributed by atoms with Gasteiger partial charge in [0.2, 0.25) is 0 Å². The molecule has 0 aliphatic carbocycles. The van der Waals surface area contributed by atoms with Gasteiger partial charge >= 0.3 is 0 Å². The van der Waals surface area contributed by atoms with Gasteiger partial charge in [-0.05, 0) is 6.07 Å². The lowest BCUT2D eigenvalue weighted by Crippen LogP contribution is -1.94. The van der Waals surface area contributed by atoms with Gasteiger partial charge in [0, 0.05) is 11.3 Å². The Morgan fingerprint density at radius 3 is 2.64 bits per heavy atom. The van der Waals surface area contributed by atoms with Gasteiger partial charge in [-0.2, -0.15) is 0 Å². The van der Waals surface area contributed by atoms with E-state index in [1.165, 1.54) is 6.08 Å². The first kappa shape index (κ1) is 7.79. The van der Waals surface area contributed by atoms with Crippen LogP contribution in [0.5, 0.6) is 0 Å². The second-order valence-electron chi connectivity index (χ2n) is 2.27. The molecule has 0 fully saturated rings. The molecule has 0 heterocycles. The number of hydrogen-bond acceptors (Lipinski definition) is 1. The summed E-state index contributed by atoms with van der Waals surface area (Å²) in [6.07, 6.45) is 0.0716. The highest BCUT2D eigenvalue weighted by atomic mass is 19.1. The van der Waals surface area contributed by atoms with Crippen LogP contribution in [0.3, 0.4) is 0 Å². The number of hydrogen-bond donors (Lipinski definition) is 1. The standard InChI is InChI=1S/C9H10FN/c1-2-8(10)7-5-3-4-6-9(7)11/h2-6,8H,1,11H2. The van der Waals surface area contributed by atoms with E-state index >= 15 is 0 Å². The normalized spacial score (nSPS) is 12.5. The van der Waals surface area contributed by atoms with E-state index in [4.69, 9.17) is 5.73 Å². The molecule has 0 aliphatic rings. The number of para-hydroxylation sites is 1. The molecule has 11 heavy (non-hydrogen) atoms. The summed E-state index contributed by atoms with van der Waals surface area (Å²) >= 11 is 0. The lowest BCUT2D eigenvalue weighted by Gasteiger charge is -2.05. The highest BCUT2D eigenvalue weighted by Gasteiger charge is 2.06. The molecule has 0 aromatic heterocycles. The quantitative estimate of drug-likeness (QED) is 0.510. The molecule has 0 spiro atoms. The Balaban J connectivity index is 3.02. The molecule has 0 bridgehead atoms. The highest BCUT2D eigenvalue weighted by Crippen LogP contribution is 2.23. The van der Waals surface area contributed by atoms with Crippen molar-refractivity contribution in [1.29, 1.82) is 0 Å². The predicted octanol–water partition coefficient (Wildman–Crippen LogP) is 2.47. The van der Waals surface area contributed by atoms with Crippen LogP contribution in [0.1, 0.15) is 11.7 Å². The van der Waals surface area contributed by atoms with Gasteiger partial charge < -0.3 is 5.73 Å². The molecule has 1 rings (SSSR count). The predicted molar refractivity (Wildman–Crippen MR) is 44.9 cm³/mol. The molecule has 0 saturated heterocycles. The van der Waals surface area contributed by atoms with Crippen LogP contribution < -0.4 is 5.73 Å². The number of anilines is 1. The summed E-state index contributed by atoms with van der Waals surface area (Å²) in [5.41, 5.74) is 6.47. The number of rotatable bonds is 2. The van der Waals surface area contributed by atoms with Gasteiger partial charge in [0.25, 0.3) is 0 Å². The minimum absolute atomic E-state index is 0.472. The maximum Gasteiger partial charge on any atom is 0.145 e. The second-order valence-corrected chi connectivity index (χ2v) is 2.27. The number of halogens is 1. The van der Waals surface area contributed by atoms with Crippen molar-refractivity contribution in [3.8, 4) is 0 Å². The zero-order valence-corrected chi connectivity index (χ0v) is 6.13. The van der Waals surface area contributed by atoms with Gasteiger partial charge in [-0.15, -0.1) is 0 Å². The largest absolute Gasteiger partial charge is 0.398 e. The zero-order valence-electron chi connectivity index (χ0n) is 6.13. The molecule has 1 unspecified atom stereocenters. The van der Waals surface area contributed by atoms with Gasteiger partial charge in [-0.25, -0.2) is 4.39 Å². The van der Waals surface area contributed by atoms with Gasteiger partial charge in [0.05, 0.1) is 0 Å². The van der Waals surface area contributed by atoms with Crippen molar-refractivity contribution in [3.05, 3.63) is 42.5 Å². The number of alkyl halides is 1. The molecule has 0 aliphatic heterocycles. The first-order valence-electron chi connectivity index (χ1n) is 3.36. The third-order valence-electron chi connectivity index (χ3n) is 1.50. The molecule has 2 N–H and O–H groups in total. The SMILES string of the molecule is C=CC(F)c1ccccc1N. The van der Waals surface area contributed by atoms with E-state index in [2.05, 4.69) is 6.58 Å². The maximum atomic E-state index is 12.9. The van der Waals surface area contributed by atoms with Crippen molar-refractivity contribution in [1.82, 2.24) is 0 Å². The van der Waals surface area contributed by atoms with Crippen LogP contribution in [0.25, 0.3) is 0 Å². The Kier molecular flexibility index (Phi) is 2.26. The van der Waals surface area contributed by atoms with Crippen molar-refractivity contribution >= 4 is 5.69 Å². The van der Waals surface area contributed by atoms with E-state index in [0.29, 0.717) is 11.3 Å². The Morgan fingerprint density at radius 2 is 2.09 bits per heavy atom. The van der Waals surface area contributed by atoms with Crippen LogP contribution in [-0.4, -0.2) is 0 Å². The maximum absolute atomic E-state index is 12.9. The van der Waals surface area contributed by atoms with E-state index in [9.17, 15) is 4.39 Å². The van der Waals surface area contributed by atoms with E-state index < -0.39 is 6.17 Å². The van der Waals surface area contributed by atoms with Crippen molar-refractivity contribution in [2.24, 2.45) is 0 Å². The Bertz CT molecular complexity index is 257. The van der Waals surface area contributed by atoms with Crippen LogP contribution in [0.15, 0.2) is 36.9 Å². The molecule has 1 aromatic carbocycles. The third kappa shape index (κ3) is 1.58. The number of benzene rings is 1. The molecule has 1 aromatic rings. The summed E-state index contributed by atoms with van der Waals surface area (Å²) in [6, 6.07) is 6.85.